The molecule has 0 atom stereocenters. The van der Waals surface area contributed by atoms with E-state index >= 15 is 0 Å². The molecule has 0 radical (unpaired) electrons. The number of aryl methyl sites for hydroxylation is 1. The third-order valence-electron chi connectivity index (χ3n) is 4.84. The minimum absolute atomic E-state index is 0.146. The summed E-state index contributed by atoms with van der Waals surface area (Å²) in [6.45, 7) is 2.06. The predicted octanol–water partition coefficient (Wildman–Crippen LogP) is 2.52. The molecule has 4 rings (SSSR count). The van der Waals surface area contributed by atoms with Gasteiger partial charge in [0, 0.05) is 17.1 Å². The maximum absolute atomic E-state index is 12.6. The summed E-state index contributed by atoms with van der Waals surface area (Å²) in [6.07, 6.45) is 0. The quantitative estimate of drug-likeness (QED) is 0.584. The normalized spacial score (nSPS) is 14.1. The summed E-state index contributed by atoms with van der Waals surface area (Å²) in [7, 11) is -3.34. The van der Waals surface area contributed by atoms with Crippen LogP contribution >= 0.6 is 11.6 Å². The fourth-order valence-corrected chi connectivity index (χ4v) is 4.97. The fourth-order valence-electron chi connectivity index (χ4n) is 3.35. The summed E-state index contributed by atoms with van der Waals surface area (Å²) in [5, 5.41) is 10.1. The van der Waals surface area contributed by atoms with Crippen LogP contribution in [-0.4, -0.2) is 30.0 Å². The lowest BCUT2D eigenvalue weighted by Gasteiger charge is -2.12. The van der Waals surface area contributed by atoms with Crippen molar-refractivity contribution in [2.45, 2.75) is 25.0 Å². The lowest BCUT2D eigenvalue weighted by molar-refractivity contribution is -0.136. The van der Waals surface area contributed by atoms with Crippen molar-refractivity contribution in [1.29, 1.82) is 0 Å². The largest absolute Gasteiger partial charge is 0.344 e. The monoisotopic (exact) mass is 458 g/mol. The molecular weight excluding hydrogens is 440 g/mol. The van der Waals surface area contributed by atoms with Gasteiger partial charge >= 0.3 is 11.8 Å². The molecule has 1 aliphatic rings. The first-order valence-corrected chi connectivity index (χ1v) is 11.6. The molecule has 1 aromatic heterocycles. The predicted molar refractivity (Wildman–Crippen MR) is 117 cm³/mol. The molecule has 31 heavy (non-hydrogen) atoms. The molecule has 3 aromatic rings. The molecular formula is C21H19ClN4O4S. The van der Waals surface area contributed by atoms with Crippen LogP contribution in [-0.2, 0) is 37.5 Å². The molecule has 2 amide bonds. The van der Waals surface area contributed by atoms with Crippen molar-refractivity contribution in [3.8, 4) is 5.69 Å². The molecule has 2 N–H and O–H groups in total. The van der Waals surface area contributed by atoms with Crippen molar-refractivity contribution in [2.24, 2.45) is 0 Å². The second kappa shape index (κ2) is 8.16. The van der Waals surface area contributed by atoms with E-state index in [4.69, 9.17) is 11.6 Å². The highest BCUT2D eigenvalue weighted by molar-refractivity contribution is 7.90. The van der Waals surface area contributed by atoms with E-state index in [1.165, 1.54) is 4.68 Å². The number of fused-ring (bicyclic) bond motifs is 1. The molecule has 2 heterocycles. The van der Waals surface area contributed by atoms with Gasteiger partial charge in [0.1, 0.15) is 5.82 Å². The lowest BCUT2D eigenvalue weighted by atomic mass is 10.2. The summed E-state index contributed by atoms with van der Waals surface area (Å²) >= 11 is 5.84. The number of sulfone groups is 1. The number of nitrogens with one attached hydrogen (secondary N) is 2. The molecule has 0 saturated heterocycles. The molecule has 0 aliphatic carbocycles. The SMILES string of the molecule is Cc1cccc(-n2nc3c(c2NC(=O)C(=O)NCc2ccc(Cl)cc2)CS(=O)(=O)C3)c1. The van der Waals surface area contributed by atoms with Crippen LogP contribution in [0, 0.1) is 6.92 Å². The van der Waals surface area contributed by atoms with Crippen LogP contribution in [0.15, 0.2) is 48.5 Å². The van der Waals surface area contributed by atoms with Gasteiger partial charge in [-0.3, -0.25) is 9.59 Å². The minimum Gasteiger partial charge on any atom is -0.344 e. The summed E-state index contributed by atoms with van der Waals surface area (Å²) < 4.78 is 25.6. The van der Waals surface area contributed by atoms with Crippen LogP contribution < -0.4 is 10.6 Å². The maximum atomic E-state index is 12.6. The summed E-state index contributed by atoms with van der Waals surface area (Å²) in [5.41, 5.74) is 3.18. The molecule has 10 heteroatoms. The highest BCUT2D eigenvalue weighted by Crippen LogP contribution is 2.33. The summed E-state index contributed by atoms with van der Waals surface area (Å²) in [5.74, 6) is -2.01. The Kier molecular flexibility index (Phi) is 5.55. The first-order chi connectivity index (χ1) is 14.7. The van der Waals surface area contributed by atoms with Crippen molar-refractivity contribution < 1.29 is 18.0 Å². The van der Waals surface area contributed by atoms with Crippen LogP contribution in [0.5, 0.6) is 0 Å². The number of benzene rings is 2. The zero-order valence-corrected chi connectivity index (χ0v) is 18.1. The third-order valence-corrected chi connectivity index (χ3v) is 6.53. The Morgan fingerprint density at radius 3 is 2.55 bits per heavy atom. The molecule has 0 fully saturated rings. The van der Waals surface area contributed by atoms with Gasteiger partial charge in [-0.05, 0) is 42.3 Å². The zero-order chi connectivity index (χ0) is 22.2. The van der Waals surface area contributed by atoms with Crippen molar-refractivity contribution in [2.75, 3.05) is 5.32 Å². The molecule has 8 nitrogen and oxygen atoms in total. The first kappa shape index (κ1) is 21.1. The van der Waals surface area contributed by atoms with Crippen LogP contribution in [0.1, 0.15) is 22.4 Å². The molecule has 1 aliphatic heterocycles. The average Bonchev–Trinajstić information content (AvgIpc) is 3.19. The number of rotatable bonds is 4. The van der Waals surface area contributed by atoms with Gasteiger partial charge in [-0.1, -0.05) is 35.9 Å². The number of amides is 2. The van der Waals surface area contributed by atoms with Gasteiger partial charge in [0.15, 0.2) is 9.84 Å². The van der Waals surface area contributed by atoms with Crippen LogP contribution in [0.4, 0.5) is 5.82 Å². The fraction of sp³-hybridized carbons (Fsp3) is 0.190. The number of aromatic nitrogens is 2. The maximum Gasteiger partial charge on any atom is 0.314 e. The Bertz CT molecular complexity index is 1280. The van der Waals surface area contributed by atoms with Crippen LogP contribution in [0.25, 0.3) is 5.69 Å². The van der Waals surface area contributed by atoms with E-state index in [0.717, 1.165) is 11.1 Å². The van der Waals surface area contributed by atoms with E-state index in [1.54, 1.807) is 30.3 Å². The van der Waals surface area contributed by atoms with E-state index in [2.05, 4.69) is 15.7 Å². The van der Waals surface area contributed by atoms with Gasteiger partial charge in [-0.25, -0.2) is 13.1 Å². The first-order valence-electron chi connectivity index (χ1n) is 9.44. The van der Waals surface area contributed by atoms with Crippen LogP contribution in [0.2, 0.25) is 5.02 Å². The Hall–Kier alpha value is -3.17. The second-order valence-corrected chi connectivity index (χ2v) is 9.82. The van der Waals surface area contributed by atoms with Crippen molar-refractivity contribution in [1.82, 2.24) is 15.1 Å². The van der Waals surface area contributed by atoms with Gasteiger partial charge in [0.05, 0.1) is 22.9 Å². The highest BCUT2D eigenvalue weighted by atomic mass is 35.5. The molecule has 160 valence electrons. The Balaban J connectivity index is 1.57. The third kappa shape index (κ3) is 4.62. The summed E-state index contributed by atoms with van der Waals surface area (Å²) in [6, 6.07) is 14.2. The smallest absolute Gasteiger partial charge is 0.314 e. The number of carbonyl (C=O) groups excluding carboxylic acids is 2. The van der Waals surface area contributed by atoms with Gasteiger partial charge in [-0.15, -0.1) is 0 Å². The van der Waals surface area contributed by atoms with E-state index in [9.17, 15) is 18.0 Å². The molecule has 0 spiro atoms. The molecule has 0 saturated carbocycles. The van der Waals surface area contributed by atoms with E-state index in [0.29, 0.717) is 22.0 Å². The molecule has 2 aromatic carbocycles. The molecule has 0 bridgehead atoms. The molecule has 0 unspecified atom stereocenters. The Morgan fingerprint density at radius 2 is 1.84 bits per heavy atom. The Morgan fingerprint density at radius 1 is 1.10 bits per heavy atom. The lowest BCUT2D eigenvalue weighted by Crippen LogP contribution is -2.35. The van der Waals surface area contributed by atoms with Gasteiger partial charge in [0.2, 0.25) is 0 Å². The van der Waals surface area contributed by atoms with E-state index in [-0.39, 0.29) is 23.9 Å². The Labute approximate surface area is 184 Å². The van der Waals surface area contributed by atoms with Crippen molar-refractivity contribution in [3.63, 3.8) is 0 Å². The topological polar surface area (TPSA) is 110 Å². The number of carbonyl (C=O) groups is 2. The van der Waals surface area contributed by atoms with Gasteiger partial charge in [0.25, 0.3) is 0 Å². The van der Waals surface area contributed by atoms with E-state index < -0.39 is 21.7 Å². The average molecular weight is 459 g/mol. The second-order valence-electron chi connectivity index (χ2n) is 7.32. The zero-order valence-electron chi connectivity index (χ0n) is 16.6. The minimum atomic E-state index is -3.34. The number of anilines is 1. The highest BCUT2D eigenvalue weighted by Gasteiger charge is 2.33. The van der Waals surface area contributed by atoms with Crippen molar-refractivity contribution in [3.05, 3.63) is 75.9 Å². The van der Waals surface area contributed by atoms with E-state index in [1.807, 2.05) is 25.1 Å². The van der Waals surface area contributed by atoms with Crippen molar-refractivity contribution >= 4 is 39.1 Å². The van der Waals surface area contributed by atoms with Gasteiger partial charge < -0.3 is 10.6 Å². The number of hydrogen-bond donors (Lipinski definition) is 2. The number of nitrogens with zero attached hydrogens (tertiary/aromatic N) is 2. The number of halogens is 1. The number of hydrogen-bond acceptors (Lipinski definition) is 5. The van der Waals surface area contributed by atoms with Gasteiger partial charge in [-0.2, -0.15) is 5.10 Å². The summed E-state index contributed by atoms with van der Waals surface area (Å²) in [4.78, 5) is 24.9. The standard InChI is InChI=1S/C21H19ClN4O4S/c1-13-3-2-4-16(9-13)26-19(17-11-31(29,30)12-18(17)25-26)24-21(28)20(27)23-10-14-5-7-15(22)8-6-14/h2-9H,10-12H2,1H3,(H,23,27)(H,24,28). The van der Waals surface area contributed by atoms with Crippen LogP contribution in [0.3, 0.4) is 0 Å².